The lowest BCUT2D eigenvalue weighted by Gasteiger charge is -2.38. The van der Waals surface area contributed by atoms with Gasteiger partial charge in [0.1, 0.15) is 5.82 Å². The number of carbonyl (C=O) groups excluding carboxylic acids is 2. The average molecular weight is 414 g/mol. The molecule has 0 bridgehead atoms. The third-order valence-electron chi connectivity index (χ3n) is 5.05. The monoisotopic (exact) mass is 413 g/mol. The third-order valence-corrected chi connectivity index (χ3v) is 5.77. The Morgan fingerprint density at radius 1 is 1.00 bits per heavy atom. The highest BCUT2D eigenvalue weighted by Gasteiger charge is 2.40. The van der Waals surface area contributed by atoms with Crippen LogP contribution in [0.15, 0.2) is 64.3 Å². The van der Waals surface area contributed by atoms with Gasteiger partial charge in [0, 0.05) is 34.5 Å². The Morgan fingerprint density at radius 2 is 1.73 bits per heavy atom. The Morgan fingerprint density at radius 3 is 2.50 bits per heavy atom. The maximum atomic E-state index is 14.4. The summed E-state index contributed by atoms with van der Waals surface area (Å²) in [6.45, 7) is 0. The van der Waals surface area contributed by atoms with E-state index in [4.69, 9.17) is 0 Å². The Kier molecular flexibility index (Phi) is 4.49. The number of carbonyl (C=O) groups is 2. The van der Waals surface area contributed by atoms with Gasteiger partial charge in [0.25, 0.3) is 0 Å². The predicted molar refractivity (Wildman–Crippen MR) is 101 cm³/mol. The zero-order valence-corrected chi connectivity index (χ0v) is 15.6. The molecule has 0 fully saturated rings. The molecule has 0 aromatic heterocycles. The molecule has 4 rings (SSSR count). The van der Waals surface area contributed by atoms with Crippen LogP contribution in [-0.2, 0) is 9.59 Å². The fourth-order valence-corrected chi connectivity index (χ4v) is 4.49. The SMILES string of the molecule is O=C1CCCC2=C1C(c1ccccc1Br)CC(=O)N2c1ccccc1F. The molecule has 0 saturated heterocycles. The molecule has 5 heteroatoms. The van der Waals surface area contributed by atoms with E-state index in [-0.39, 0.29) is 29.7 Å². The minimum atomic E-state index is -0.454. The number of para-hydroxylation sites is 1. The summed E-state index contributed by atoms with van der Waals surface area (Å²) in [6.07, 6.45) is 1.90. The van der Waals surface area contributed by atoms with Gasteiger partial charge in [-0.15, -0.1) is 0 Å². The van der Waals surface area contributed by atoms with Crippen molar-refractivity contribution < 1.29 is 14.0 Å². The quantitative estimate of drug-likeness (QED) is 0.685. The number of allylic oxidation sites excluding steroid dienone is 2. The zero-order valence-electron chi connectivity index (χ0n) is 14.0. The van der Waals surface area contributed by atoms with Crippen molar-refractivity contribution in [2.75, 3.05) is 4.90 Å². The lowest BCUT2D eigenvalue weighted by atomic mass is 9.77. The van der Waals surface area contributed by atoms with Gasteiger partial charge in [0.15, 0.2) is 5.78 Å². The van der Waals surface area contributed by atoms with E-state index in [0.717, 1.165) is 10.0 Å². The zero-order chi connectivity index (χ0) is 18.3. The number of ketones is 1. The van der Waals surface area contributed by atoms with Gasteiger partial charge in [-0.1, -0.05) is 46.3 Å². The molecule has 2 aliphatic rings. The number of anilines is 1. The summed E-state index contributed by atoms with van der Waals surface area (Å²) in [5.74, 6) is -0.862. The highest BCUT2D eigenvalue weighted by molar-refractivity contribution is 9.10. The molecule has 2 aromatic carbocycles. The molecule has 1 aliphatic heterocycles. The number of hydrogen-bond donors (Lipinski definition) is 0. The molecule has 132 valence electrons. The molecule has 0 radical (unpaired) electrons. The fraction of sp³-hybridized carbons (Fsp3) is 0.238. The standard InChI is InChI=1S/C21H17BrFNO2/c22-15-7-2-1-6-13(15)14-12-20(26)24(17-9-4-3-8-16(17)23)18-10-5-11-19(25)21(14)18/h1-4,6-9,14H,5,10-12H2. The van der Waals surface area contributed by atoms with Crippen LogP contribution in [-0.4, -0.2) is 11.7 Å². The van der Waals surface area contributed by atoms with Crippen LogP contribution in [0.2, 0.25) is 0 Å². The van der Waals surface area contributed by atoms with Crippen LogP contribution in [0.5, 0.6) is 0 Å². The molecule has 0 spiro atoms. The van der Waals surface area contributed by atoms with Crippen LogP contribution in [0.3, 0.4) is 0 Å². The van der Waals surface area contributed by atoms with Gasteiger partial charge in [-0.05, 0) is 36.6 Å². The van der Waals surface area contributed by atoms with Crippen molar-refractivity contribution in [2.24, 2.45) is 0 Å². The van der Waals surface area contributed by atoms with Crippen LogP contribution < -0.4 is 4.90 Å². The largest absolute Gasteiger partial charge is 0.294 e. The van der Waals surface area contributed by atoms with Crippen LogP contribution in [0.1, 0.15) is 37.2 Å². The van der Waals surface area contributed by atoms with Gasteiger partial charge in [0.05, 0.1) is 5.69 Å². The Bertz CT molecular complexity index is 937. The summed E-state index contributed by atoms with van der Waals surface area (Å²) in [6, 6.07) is 13.9. The normalized spacial score (nSPS) is 20.4. The topological polar surface area (TPSA) is 37.4 Å². The molecule has 0 saturated carbocycles. The second-order valence-electron chi connectivity index (χ2n) is 6.60. The molecule has 1 atom stereocenters. The summed E-state index contributed by atoms with van der Waals surface area (Å²) in [4.78, 5) is 27.2. The van der Waals surface area contributed by atoms with Gasteiger partial charge in [-0.25, -0.2) is 4.39 Å². The van der Waals surface area contributed by atoms with E-state index in [9.17, 15) is 14.0 Å². The molecule has 26 heavy (non-hydrogen) atoms. The van der Waals surface area contributed by atoms with E-state index in [1.54, 1.807) is 18.2 Å². The first-order chi connectivity index (χ1) is 12.6. The molecular weight excluding hydrogens is 397 g/mol. The molecular formula is C21H17BrFNO2. The average Bonchev–Trinajstić information content (AvgIpc) is 2.63. The summed E-state index contributed by atoms with van der Waals surface area (Å²) < 4.78 is 15.3. The van der Waals surface area contributed by atoms with Gasteiger partial charge in [-0.2, -0.15) is 0 Å². The van der Waals surface area contributed by atoms with Crippen LogP contribution in [0.25, 0.3) is 0 Å². The van der Waals surface area contributed by atoms with Crippen molar-refractivity contribution in [3.05, 3.63) is 75.7 Å². The summed E-state index contributed by atoms with van der Waals surface area (Å²) >= 11 is 3.54. The Hall–Kier alpha value is -2.27. The summed E-state index contributed by atoms with van der Waals surface area (Å²) in [7, 11) is 0. The van der Waals surface area contributed by atoms with Crippen molar-refractivity contribution in [3.8, 4) is 0 Å². The number of benzene rings is 2. The van der Waals surface area contributed by atoms with E-state index in [1.807, 2.05) is 24.3 Å². The van der Waals surface area contributed by atoms with Crippen LogP contribution in [0.4, 0.5) is 10.1 Å². The smallest absolute Gasteiger partial charge is 0.232 e. The Labute approximate surface area is 159 Å². The van der Waals surface area contributed by atoms with E-state index in [2.05, 4.69) is 15.9 Å². The van der Waals surface area contributed by atoms with Gasteiger partial charge in [0.2, 0.25) is 5.91 Å². The third kappa shape index (κ3) is 2.80. The minimum absolute atomic E-state index is 0.0563. The van der Waals surface area contributed by atoms with E-state index < -0.39 is 5.82 Å². The van der Waals surface area contributed by atoms with E-state index >= 15 is 0 Å². The number of amides is 1. The van der Waals surface area contributed by atoms with Gasteiger partial charge in [-0.3, -0.25) is 14.5 Å². The first-order valence-corrected chi connectivity index (χ1v) is 9.45. The predicted octanol–water partition coefficient (Wildman–Crippen LogP) is 5.12. The van der Waals surface area contributed by atoms with Crippen LogP contribution >= 0.6 is 15.9 Å². The van der Waals surface area contributed by atoms with Crippen LogP contribution in [0, 0.1) is 5.82 Å². The molecule has 2 aromatic rings. The molecule has 1 heterocycles. The second-order valence-corrected chi connectivity index (χ2v) is 7.45. The minimum Gasteiger partial charge on any atom is -0.294 e. The van der Waals surface area contributed by atoms with E-state index in [1.165, 1.54) is 11.0 Å². The van der Waals surface area contributed by atoms with Crippen molar-refractivity contribution in [2.45, 2.75) is 31.6 Å². The molecule has 0 N–H and O–H groups in total. The van der Waals surface area contributed by atoms with E-state index in [0.29, 0.717) is 30.5 Å². The highest BCUT2D eigenvalue weighted by atomic mass is 79.9. The number of Topliss-reactive ketones (excluding diaryl/α,β-unsaturated/α-hetero) is 1. The first kappa shape index (κ1) is 17.2. The molecule has 1 aliphatic carbocycles. The lowest BCUT2D eigenvalue weighted by molar-refractivity contribution is -0.120. The second kappa shape index (κ2) is 6.80. The summed E-state index contributed by atoms with van der Waals surface area (Å²) in [5.41, 5.74) is 2.47. The maximum absolute atomic E-state index is 14.4. The number of nitrogens with zero attached hydrogens (tertiary/aromatic N) is 1. The maximum Gasteiger partial charge on any atom is 0.232 e. The fourth-order valence-electron chi connectivity index (χ4n) is 3.93. The molecule has 1 amide bonds. The molecule has 3 nitrogen and oxygen atoms in total. The number of halogens is 2. The van der Waals surface area contributed by atoms with Crippen molar-refractivity contribution >= 4 is 33.3 Å². The lowest BCUT2D eigenvalue weighted by Crippen LogP contribution is -2.41. The first-order valence-electron chi connectivity index (χ1n) is 8.66. The highest BCUT2D eigenvalue weighted by Crippen LogP contribution is 2.45. The van der Waals surface area contributed by atoms with Crippen molar-refractivity contribution in [1.82, 2.24) is 0 Å². The molecule has 1 unspecified atom stereocenters. The Balaban J connectivity index is 1.91. The number of hydrogen-bond acceptors (Lipinski definition) is 2. The van der Waals surface area contributed by atoms with Crippen molar-refractivity contribution in [3.63, 3.8) is 0 Å². The number of rotatable bonds is 2. The van der Waals surface area contributed by atoms with Gasteiger partial charge >= 0.3 is 0 Å². The summed E-state index contributed by atoms with van der Waals surface area (Å²) in [5, 5.41) is 0. The van der Waals surface area contributed by atoms with Gasteiger partial charge < -0.3 is 0 Å². The van der Waals surface area contributed by atoms with Crippen molar-refractivity contribution in [1.29, 1.82) is 0 Å².